The van der Waals surface area contributed by atoms with Crippen molar-refractivity contribution in [3.05, 3.63) is 83.4 Å². The number of carbonyl (C=O) groups excluding carboxylic acids is 2. The van der Waals surface area contributed by atoms with Gasteiger partial charge in [0.2, 0.25) is 5.91 Å². The van der Waals surface area contributed by atoms with Gasteiger partial charge in [0.15, 0.2) is 6.10 Å². The second-order valence-electron chi connectivity index (χ2n) is 7.71. The summed E-state index contributed by atoms with van der Waals surface area (Å²) < 4.78 is 44.5. The number of hydrazine groups is 1. The molecule has 1 aromatic heterocycles. The molecule has 4 aromatic rings. The standard InChI is InChI=1S/C25H20F3N3O3S/c1-15(34-21-10-9-16-5-2-3-6-17(16)12-21)23(33)31-30-22(32)13-20-14-35-24(29-20)18-7-4-8-19(11-18)25(26,27)28/h2-12,14-15H,13H2,1H3,(H,30,32)(H,31,33). The third-order valence-corrected chi connectivity index (χ3v) is 6.00. The summed E-state index contributed by atoms with van der Waals surface area (Å²) in [5.41, 5.74) is 4.52. The molecule has 0 aliphatic heterocycles. The summed E-state index contributed by atoms with van der Waals surface area (Å²) >= 11 is 1.13. The van der Waals surface area contributed by atoms with Crippen LogP contribution in [-0.2, 0) is 22.2 Å². The van der Waals surface area contributed by atoms with Crippen LogP contribution in [0.5, 0.6) is 5.75 Å². The molecule has 35 heavy (non-hydrogen) atoms. The van der Waals surface area contributed by atoms with E-state index in [1.807, 2.05) is 36.4 Å². The molecule has 0 spiro atoms. The lowest BCUT2D eigenvalue weighted by atomic mass is 10.1. The second kappa shape index (κ2) is 10.1. The van der Waals surface area contributed by atoms with Crippen LogP contribution < -0.4 is 15.6 Å². The van der Waals surface area contributed by atoms with Gasteiger partial charge in [0.25, 0.3) is 5.91 Å². The van der Waals surface area contributed by atoms with E-state index in [4.69, 9.17) is 4.74 Å². The van der Waals surface area contributed by atoms with Crippen molar-refractivity contribution in [1.82, 2.24) is 15.8 Å². The number of thiazole rings is 1. The molecule has 0 radical (unpaired) electrons. The molecule has 1 heterocycles. The first-order chi connectivity index (χ1) is 16.7. The number of hydrogen-bond donors (Lipinski definition) is 2. The summed E-state index contributed by atoms with van der Waals surface area (Å²) in [6, 6.07) is 18.0. The molecule has 1 atom stereocenters. The van der Waals surface area contributed by atoms with Gasteiger partial charge in [0, 0.05) is 10.9 Å². The number of rotatable bonds is 6. The fraction of sp³-hybridized carbons (Fsp3) is 0.160. The van der Waals surface area contributed by atoms with Crippen LogP contribution in [0.15, 0.2) is 72.1 Å². The Bertz CT molecular complexity index is 1370. The predicted molar refractivity (Wildman–Crippen MR) is 127 cm³/mol. The number of amides is 2. The summed E-state index contributed by atoms with van der Waals surface area (Å²) in [5.74, 6) is -0.561. The van der Waals surface area contributed by atoms with Crippen LogP contribution in [0, 0.1) is 0 Å². The summed E-state index contributed by atoms with van der Waals surface area (Å²) in [6.45, 7) is 1.55. The van der Waals surface area contributed by atoms with Gasteiger partial charge in [0.05, 0.1) is 17.7 Å². The predicted octanol–water partition coefficient (Wildman–Crippen LogP) is 5.14. The number of nitrogens with zero attached hydrogens (tertiary/aromatic N) is 1. The van der Waals surface area contributed by atoms with Crippen LogP contribution in [0.2, 0.25) is 0 Å². The van der Waals surface area contributed by atoms with Gasteiger partial charge in [-0.05, 0) is 42.0 Å². The van der Waals surface area contributed by atoms with Gasteiger partial charge in [-0.3, -0.25) is 20.4 Å². The van der Waals surface area contributed by atoms with Gasteiger partial charge in [-0.1, -0.05) is 42.5 Å². The molecule has 0 fully saturated rings. The van der Waals surface area contributed by atoms with Gasteiger partial charge >= 0.3 is 6.18 Å². The van der Waals surface area contributed by atoms with Gasteiger partial charge in [-0.25, -0.2) is 4.98 Å². The maximum absolute atomic E-state index is 12.9. The Kier molecular flexibility index (Phi) is 7.02. The van der Waals surface area contributed by atoms with E-state index in [2.05, 4.69) is 15.8 Å². The van der Waals surface area contributed by atoms with Crippen LogP contribution in [0.3, 0.4) is 0 Å². The first-order valence-electron chi connectivity index (χ1n) is 10.6. The van der Waals surface area contributed by atoms with Gasteiger partial charge in [-0.15, -0.1) is 11.3 Å². The summed E-state index contributed by atoms with van der Waals surface area (Å²) in [6.07, 6.45) is -5.48. The smallest absolute Gasteiger partial charge is 0.416 e. The van der Waals surface area contributed by atoms with Gasteiger partial charge in [0.1, 0.15) is 10.8 Å². The summed E-state index contributed by atoms with van der Waals surface area (Å²) in [4.78, 5) is 28.8. The molecule has 1 unspecified atom stereocenters. The molecule has 6 nitrogen and oxygen atoms in total. The van der Waals surface area contributed by atoms with E-state index in [1.165, 1.54) is 12.1 Å². The van der Waals surface area contributed by atoms with E-state index in [1.54, 1.807) is 18.4 Å². The van der Waals surface area contributed by atoms with E-state index in [9.17, 15) is 22.8 Å². The number of hydrogen-bond acceptors (Lipinski definition) is 5. The average molecular weight is 500 g/mol. The molecule has 0 bridgehead atoms. The second-order valence-corrected chi connectivity index (χ2v) is 8.56. The number of carbonyl (C=O) groups is 2. The van der Waals surface area contributed by atoms with Crippen molar-refractivity contribution in [2.45, 2.75) is 25.6 Å². The minimum Gasteiger partial charge on any atom is -0.481 e. The van der Waals surface area contributed by atoms with Crippen LogP contribution in [0.25, 0.3) is 21.3 Å². The highest BCUT2D eigenvalue weighted by Crippen LogP contribution is 2.33. The van der Waals surface area contributed by atoms with Crippen molar-refractivity contribution in [3.63, 3.8) is 0 Å². The number of alkyl halides is 3. The summed E-state index contributed by atoms with van der Waals surface area (Å²) in [5, 5.41) is 3.96. The highest BCUT2D eigenvalue weighted by molar-refractivity contribution is 7.13. The van der Waals surface area contributed by atoms with E-state index in [0.29, 0.717) is 22.0 Å². The molecule has 2 N–H and O–H groups in total. The lowest BCUT2D eigenvalue weighted by Gasteiger charge is -2.15. The zero-order valence-corrected chi connectivity index (χ0v) is 19.2. The molecule has 4 rings (SSSR count). The fourth-order valence-corrected chi connectivity index (χ4v) is 4.11. The molecule has 180 valence electrons. The zero-order valence-electron chi connectivity index (χ0n) is 18.4. The average Bonchev–Trinajstić information content (AvgIpc) is 3.30. The maximum Gasteiger partial charge on any atom is 0.416 e. The van der Waals surface area contributed by atoms with Crippen LogP contribution in [-0.4, -0.2) is 22.9 Å². The molecular formula is C25H20F3N3O3S. The zero-order chi connectivity index (χ0) is 25.0. The van der Waals surface area contributed by atoms with Crippen molar-refractivity contribution < 1.29 is 27.5 Å². The van der Waals surface area contributed by atoms with Crippen molar-refractivity contribution in [2.75, 3.05) is 0 Å². The number of halogens is 3. The Morgan fingerprint density at radius 1 is 1.00 bits per heavy atom. The Hall–Kier alpha value is -3.92. The first-order valence-corrected chi connectivity index (χ1v) is 11.4. The van der Waals surface area contributed by atoms with Crippen molar-refractivity contribution in [3.8, 4) is 16.3 Å². The van der Waals surface area contributed by atoms with Gasteiger partial charge < -0.3 is 4.74 Å². The molecule has 10 heteroatoms. The lowest BCUT2D eigenvalue weighted by Crippen LogP contribution is -2.47. The molecule has 0 saturated carbocycles. The minimum atomic E-state index is -4.46. The SMILES string of the molecule is CC(Oc1ccc2ccccc2c1)C(=O)NNC(=O)Cc1csc(-c2cccc(C(F)(F)F)c2)n1. The number of fused-ring (bicyclic) bond motifs is 1. The number of aromatic nitrogens is 1. The Balaban J connectivity index is 1.29. The highest BCUT2D eigenvalue weighted by Gasteiger charge is 2.30. The minimum absolute atomic E-state index is 0.157. The Labute approximate surface area is 202 Å². The van der Waals surface area contributed by atoms with Crippen LogP contribution in [0.1, 0.15) is 18.2 Å². The van der Waals surface area contributed by atoms with E-state index in [0.717, 1.165) is 34.2 Å². The number of nitrogens with one attached hydrogen (secondary N) is 2. The van der Waals surface area contributed by atoms with E-state index < -0.39 is 29.7 Å². The number of ether oxygens (including phenoxy) is 1. The highest BCUT2D eigenvalue weighted by atomic mass is 32.1. The van der Waals surface area contributed by atoms with Crippen molar-refractivity contribution >= 4 is 33.9 Å². The van der Waals surface area contributed by atoms with E-state index >= 15 is 0 Å². The molecule has 0 aliphatic carbocycles. The Morgan fingerprint density at radius 2 is 1.77 bits per heavy atom. The monoisotopic (exact) mass is 499 g/mol. The number of benzene rings is 3. The third kappa shape index (κ3) is 6.15. The largest absolute Gasteiger partial charge is 0.481 e. The Morgan fingerprint density at radius 3 is 2.54 bits per heavy atom. The van der Waals surface area contributed by atoms with Gasteiger partial charge in [-0.2, -0.15) is 13.2 Å². The van der Waals surface area contributed by atoms with Crippen LogP contribution in [0.4, 0.5) is 13.2 Å². The topological polar surface area (TPSA) is 80.3 Å². The maximum atomic E-state index is 12.9. The molecule has 0 aliphatic rings. The first kappa shape index (κ1) is 24.2. The van der Waals surface area contributed by atoms with E-state index in [-0.39, 0.29) is 6.42 Å². The molecule has 3 aromatic carbocycles. The lowest BCUT2D eigenvalue weighted by molar-refractivity contribution is -0.137. The van der Waals surface area contributed by atoms with Crippen molar-refractivity contribution in [2.24, 2.45) is 0 Å². The van der Waals surface area contributed by atoms with Crippen LogP contribution >= 0.6 is 11.3 Å². The fourth-order valence-electron chi connectivity index (χ4n) is 3.29. The molecule has 2 amide bonds. The third-order valence-electron chi connectivity index (χ3n) is 5.06. The normalized spacial score (nSPS) is 12.2. The quantitative estimate of drug-likeness (QED) is 0.360. The molecule has 0 saturated heterocycles. The molecular weight excluding hydrogens is 479 g/mol. The summed E-state index contributed by atoms with van der Waals surface area (Å²) in [7, 11) is 0. The van der Waals surface area contributed by atoms with Crippen molar-refractivity contribution in [1.29, 1.82) is 0 Å².